The zero-order chi connectivity index (χ0) is 9.84. The Labute approximate surface area is 85.5 Å². The number of benzene rings is 1. The van der Waals surface area contributed by atoms with E-state index in [4.69, 9.17) is 17.3 Å². The third-order valence-electron chi connectivity index (χ3n) is 1.72. The maximum absolute atomic E-state index is 11.2. The van der Waals surface area contributed by atoms with E-state index in [0.29, 0.717) is 22.2 Å². The van der Waals surface area contributed by atoms with E-state index in [1.807, 2.05) is 13.0 Å². The van der Waals surface area contributed by atoms with Crippen LogP contribution in [0.15, 0.2) is 18.2 Å². The summed E-state index contributed by atoms with van der Waals surface area (Å²) in [5.74, 6) is 1.16. The molecule has 0 aromatic heterocycles. The minimum atomic E-state index is -0.820. The molecule has 0 saturated carbocycles. The van der Waals surface area contributed by atoms with Crippen LogP contribution in [-0.2, 0) is 16.6 Å². The van der Waals surface area contributed by atoms with Gasteiger partial charge in [-0.05, 0) is 17.7 Å². The lowest BCUT2D eigenvalue weighted by atomic mass is 10.2. The minimum absolute atomic E-state index is 0.510. The third-order valence-corrected chi connectivity index (χ3v) is 3.34. The molecule has 4 heteroatoms. The first kappa shape index (κ1) is 10.5. The Morgan fingerprint density at radius 1 is 1.54 bits per heavy atom. The maximum atomic E-state index is 11.2. The zero-order valence-corrected chi connectivity index (χ0v) is 8.99. The van der Waals surface area contributed by atoms with Gasteiger partial charge < -0.3 is 5.73 Å². The van der Waals surface area contributed by atoms with Crippen LogP contribution < -0.4 is 5.73 Å². The first-order valence-corrected chi connectivity index (χ1v) is 5.89. The predicted molar refractivity (Wildman–Crippen MR) is 58.3 cm³/mol. The third kappa shape index (κ3) is 3.01. The molecule has 0 spiro atoms. The van der Waals surface area contributed by atoms with Crippen molar-refractivity contribution in [2.75, 3.05) is 11.5 Å². The number of nitrogens with two attached hydrogens (primary N) is 1. The van der Waals surface area contributed by atoms with Crippen molar-refractivity contribution in [2.45, 2.75) is 12.7 Å². The Morgan fingerprint density at radius 2 is 2.23 bits per heavy atom. The summed E-state index contributed by atoms with van der Waals surface area (Å²) in [7, 11) is -0.820. The lowest BCUT2D eigenvalue weighted by molar-refractivity contribution is 0.683. The van der Waals surface area contributed by atoms with Gasteiger partial charge in [-0.1, -0.05) is 24.6 Å². The van der Waals surface area contributed by atoms with Crippen LogP contribution in [0.5, 0.6) is 0 Å². The Balaban J connectivity index is 2.83. The van der Waals surface area contributed by atoms with E-state index in [1.54, 1.807) is 12.1 Å². The number of hydrogen-bond donors (Lipinski definition) is 1. The van der Waals surface area contributed by atoms with E-state index < -0.39 is 10.8 Å². The van der Waals surface area contributed by atoms with Crippen LogP contribution >= 0.6 is 11.6 Å². The van der Waals surface area contributed by atoms with Gasteiger partial charge in [-0.15, -0.1) is 0 Å². The van der Waals surface area contributed by atoms with Crippen LogP contribution in [0.1, 0.15) is 12.5 Å². The topological polar surface area (TPSA) is 43.1 Å². The second kappa shape index (κ2) is 4.63. The normalized spacial score (nSPS) is 12.8. The van der Waals surface area contributed by atoms with Crippen molar-refractivity contribution >= 4 is 28.1 Å². The highest BCUT2D eigenvalue weighted by molar-refractivity contribution is 7.84. The molecule has 0 heterocycles. The molecule has 2 nitrogen and oxygen atoms in total. The van der Waals surface area contributed by atoms with Gasteiger partial charge in [-0.25, -0.2) is 0 Å². The lowest BCUT2D eigenvalue weighted by Gasteiger charge is -2.03. The van der Waals surface area contributed by atoms with E-state index in [-0.39, 0.29) is 0 Å². The molecule has 1 unspecified atom stereocenters. The largest absolute Gasteiger partial charge is 0.399 e. The zero-order valence-electron chi connectivity index (χ0n) is 7.42. The number of halogens is 1. The molecule has 0 aliphatic heterocycles. The predicted octanol–water partition coefficient (Wildman–Crippen LogP) is 2.19. The van der Waals surface area contributed by atoms with Crippen LogP contribution in [0.25, 0.3) is 0 Å². The molecular formula is C9H12ClNOS. The summed E-state index contributed by atoms with van der Waals surface area (Å²) < 4.78 is 11.2. The molecular weight excluding hydrogens is 206 g/mol. The fourth-order valence-corrected chi connectivity index (χ4v) is 2.09. The van der Waals surface area contributed by atoms with Crippen molar-refractivity contribution in [3.05, 3.63) is 28.8 Å². The van der Waals surface area contributed by atoms with Crippen LogP contribution in [-0.4, -0.2) is 9.96 Å². The maximum Gasteiger partial charge on any atom is 0.0500 e. The van der Waals surface area contributed by atoms with Gasteiger partial charge in [0, 0.05) is 33.0 Å². The number of nitrogen functional groups attached to an aromatic ring is 1. The molecule has 0 radical (unpaired) electrons. The molecule has 0 bridgehead atoms. The number of anilines is 1. The quantitative estimate of drug-likeness (QED) is 0.789. The second-order valence-corrected chi connectivity index (χ2v) is 4.88. The van der Waals surface area contributed by atoms with Crippen LogP contribution in [0, 0.1) is 0 Å². The first-order valence-electron chi connectivity index (χ1n) is 4.02. The Bertz CT molecular complexity index is 327. The fraction of sp³-hybridized carbons (Fsp3) is 0.333. The highest BCUT2D eigenvalue weighted by Crippen LogP contribution is 2.20. The average Bonchev–Trinajstić information content (AvgIpc) is 2.09. The van der Waals surface area contributed by atoms with Gasteiger partial charge in [-0.2, -0.15) is 0 Å². The van der Waals surface area contributed by atoms with Crippen molar-refractivity contribution in [2.24, 2.45) is 0 Å². The van der Waals surface area contributed by atoms with Gasteiger partial charge in [0.1, 0.15) is 0 Å². The summed E-state index contributed by atoms with van der Waals surface area (Å²) >= 11 is 5.92. The first-order chi connectivity index (χ1) is 6.13. The summed E-state index contributed by atoms with van der Waals surface area (Å²) in [6, 6.07) is 5.28. The molecule has 1 rings (SSSR count). The number of hydrogen-bond acceptors (Lipinski definition) is 2. The van der Waals surface area contributed by atoms with Crippen LogP contribution in [0.2, 0.25) is 5.02 Å². The molecule has 0 saturated heterocycles. The summed E-state index contributed by atoms with van der Waals surface area (Å²) in [6.07, 6.45) is 0. The summed E-state index contributed by atoms with van der Waals surface area (Å²) in [5, 5.41) is 0.599. The van der Waals surface area contributed by atoms with Gasteiger partial charge in [0.15, 0.2) is 0 Å². The van der Waals surface area contributed by atoms with Crippen molar-refractivity contribution in [3.63, 3.8) is 0 Å². The van der Waals surface area contributed by atoms with Gasteiger partial charge in [0.05, 0.1) is 0 Å². The average molecular weight is 218 g/mol. The van der Waals surface area contributed by atoms with E-state index in [9.17, 15) is 4.21 Å². The standard InChI is InChI=1S/C9H12ClNOS/c1-2-13(12)6-7-3-4-8(11)5-9(7)10/h3-5H,2,6,11H2,1H3. The van der Waals surface area contributed by atoms with Crippen molar-refractivity contribution < 1.29 is 4.21 Å². The molecule has 0 amide bonds. The van der Waals surface area contributed by atoms with Crippen molar-refractivity contribution in [3.8, 4) is 0 Å². The van der Waals surface area contributed by atoms with Gasteiger partial charge in [0.2, 0.25) is 0 Å². The number of rotatable bonds is 3. The van der Waals surface area contributed by atoms with E-state index in [0.717, 1.165) is 5.56 Å². The Hall–Kier alpha value is -0.540. The molecule has 1 aromatic carbocycles. The van der Waals surface area contributed by atoms with Crippen molar-refractivity contribution in [1.82, 2.24) is 0 Å². The molecule has 0 fully saturated rings. The second-order valence-electron chi connectivity index (χ2n) is 2.72. The monoisotopic (exact) mass is 217 g/mol. The van der Waals surface area contributed by atoms with E-state index >= 15 is 0 Å². The van der Waals surface area contributed by atoms with E-state index in [1.165, 1.54) is 0 Å². The molecule has 2 N–H and O–H groups in total. The van der Waals surface area contributed by atoms with Gasteiger partial charge >= 0.3 is 0 Å². The van der Waals surface area contributed by atoms with Gasteiger partial charge in [0.25, 0.3) is 0 Å². The molecule has 0 aliphatic rings. The SMILES string of the molecule is CCS(=O)Cc1ccc(N)cc1Cl. The molecule has 13 heavy (non-hydrogen) atoms. The minimum Gasteiger partial charge on any atom is -0.399 e. The summed E-state index contributed by atoms with van der Waals surface area (Å²) in [5.41, 5.74) is 7.06. The Morgan fingerprint density at radius 3 is 2.77 bits per heavy atom. The van der Waals surface area contributed by atoms with Gasteiger partial charge in [-0.3, -0.25) is 4.21 Å². The van der Waals surface area contributed by atoms with E-state index in [2.05, 4.69) is 0 Å². The Kier molecular flexibility index (Phi) is 3.75. The highest BCUT2D eigenvalue weighted by atomic mass is 35.5. The molecule has 1 aromatic rings. The van der Waals surface area contributed by atoms with Crippen molar-refractivity contribution in [1.29, 1.82) is 0 Å². The van der Waals surface area contributed by atoms with Crippen LogP contribution in [0.4, 0.5) is 5.69 Å². The summed E-state index contributed by atoms with van der Waals surface area (Å²) in [4.78, 5) is 0. The van der Waals surface area contributed by atoms with Crippen LogP contribution in [0.3, 0.4) is 0 Å². The summed E-state index contributed by atoms with van der Waals surface area (Å²) in [6.45, 7) is 1.89. The molecule has 72 valence electrons. The fourth-order valence-electron chi connectivity index (χ4n) is 0.956. The molecule has 1 atom stereocenters. The highest BCUT2D eigenvalue weighted by Gasteiger charge is 2.03. The smallest absolute Gasteiger partial charge is 0.0500 e. The molecule has 0 aliphatic carbocycles. The lowest BCUT2D eigenvalue weighted by Crippen LogP contribution is -1.98.